The number of hydrogen-bond donors (Lipinski definition) is 1. The van der Waals surface area contributed by atoms with Crippen molar-refractivity contribution in [3.63, 3.8) is 0 Å². The molecular formula is C8H5ClN2O6. The maximum absolute atomic E-state index is 10.8. The van der Waals surface area contributed by atoms with Crippen LogP contribution in [0.3, 0.4) is 0 Å². The van der Waals surface area contributed by atoms with Crippen molar-refractivity contribution in [3.05, 3.63) is 54.4 Å². The van der Waals surface area contributed by atoms with Crippen molar-refractivity contribution >= 4 is 17.6 Å². The zero-order chi connectivity index (χ0) is 13.2. The Bertz CT molecular complexity index is 504. The van der Waals surface area contributed by atoms with Gasteiger partial charge >= 0.3 is 5.97 Å². The molecule has 90 valence electrons. The minimum Gasteiger partial charge on any atom is -0.478 e. The normalized spacial score (nSPS) is 15.8. The third-order valence-corrected chi connectivity index (χ3v) is 2.34. The van der Waals surface area contributed by atoms with E-state index >= 15 is 0 Å². The molecule has 0 aromatic carbocycles. The summed E-state index contributed by atoms with van der Waals surface area (Å²) in [5, 5.41) is 29.3. The summed E-state index contributed by atoms with van der Waals surface area (Å²) in [5.41, 5.74) is -1.80. The zero-order valence-corrected chi connectivity index (χ0v) is 8.88. The van der Waals surface area contributed by atoms with E-state index in [0.29, 0.717) is 0 Å². The number of carboxylic acid groups (broad SMARTS) is 1. The van der Waals surface area contributed by atoms with E-state index in [4.69, 9.17) is 16.7 Å². The zero-order valence-electron chi connectivity index (χ0n) is 8.12. The van der Waals surface area contributed by atoms with Gasteiger partial charge in [-0.2, -0.15) is 0 Å². The summed E-state index contributed by atoms with van der Waals surface area (Å²) >= 11 is 5.53. The average Bonchev–Trinajstić information content (AvgIpc) is 2.37. The van der Waals surface area contributed by atoms with Crippen molar-refractivity contribution in [2.24, 2.45) is 0 Å². The van der Waals surface area contributed by atoms with Crippen LogP contribution in [0.5, 0.6) is 0 Å². The molecule has 1 rings (SSSR count). The number of carbonyl (C=O) groups is 1. The molecule has 0 saturated carbocycles. The number of halogens is 1. The molecule has 0 fully saturated rings. The first-order valence-electron chi connectivity index (χ1n) is 4.17. The van der Waals surface area contributed by atoms with E-state index in [9.17, 15) is 25.0 Å². The Labute approximate surface area is 98.8 Å². The highest BCUT2D eigenvalue weighted by atomic mass is 35.5. The van der Waals surface area contributed by atoms with Crippen LogP contribution in [0.25, 0.3) is 0 Å². The molecule has 0 aromatic rings. The molecule has 0 atom stereocenters. The summed E-state index contributed by atoms with van der Waals surface area (Å²) in [6, 6.07) is 0. The quantitative estimate of drug-likeness (QED) is 0.602. The van der Waals surface area contributed by atoms with Crippen molar-refractivity contribution in [1.82, 2.24) is 0 Å². The maximum Gasteiger partial charge on any atom is 0.337 e. The number of aliphatic carboxylic acids is 1. The molecule has 1 aliphatic rings. The molecule has 0 unspecified atom stereocenters. The van der Waals surface area contributed by atoms with Gasteiger partial charge in [0.25, 0.3) is 11.4 Å². The van der Waals surface area contributed by atoms with Crippen LogP contribution in [0.1, 0.15) is 6.42 Å². The molecule has 0 aromatic heterocycles. The number of rotatable bonds is 3. The SMILES string of the molecule is O=C(O)C1=C(Cl)C([N+](=O)[O-])=CCC([N+](=O)[O-])=C1. The van der Waals surface area contributed by atoms with Gasteiger partial charge in [-0.15, -0.1) is 0 Å². The highest BCUT2D eigenvalue weighted by Gasteiger charge is 2.28. The molecule has 9 heteroatoms. The van der Waals surface area contributed by atoms with Crippen molar-refractivity contribution in [3.8, 4) is 0 Å². The summed E-state index contributed by atoms with van der Waals surface area (Å²) < 4.78 is 0. The van der Waals surface area contributed by atoms with E-state index < -0.39 is 37.8 Å². The summed E-state index contributed by atoms with van der Waals surface area (Å²) in [7, 11) is 0. The minimum atomic E-state index is -1.57. The lowest BCUT2D eigenvalue weighted by Gasteiger charge is -1.97. The molecule has 0 amide bonds. The molecule has 0 saturated heterocycles. The van der Waals surface area contributed by atoms with Gasteiger partial charge in [0.2, 0.25) is 0 Å². The predicted octanol–water partition coefficient (Wildman–Crippen LogP) is 1.29. The van der Waals surface area contributed by atoms with Crippen molar-refractivity contribution in [2.75, 3.05) is 0 Å². The molecule has 0 spiro atoms. The number of nitrogens with zero attached hydrogens (tertiary/aromatic N) is 2. The Morgan fingerprint density at radius 2 is 1.94 bits per heavy atom. The third-order valence-electron chi connectivity index (χ3n) is 1.94. The third kappa shape index (κ3) is 2.67. The molecule has 1 aliphatic carbocycles. The Morgan fingerprint density at radius 3 is 2.35 bits per heavy atom. The Morgan fingerprint density at radius 1 is 1.35 bits per heavy atom. The van der Waals surface area contributed by atoms with E-state index in [0.717, 1.165) is 12.2 Å². The molecule has 17 heavy (non-hydrogen) atoms. The van der Waals surface area contributed by atoms with Gasteiger partial charge in [0.1, 0.15) is 5.03 Å². The first kappa shape index (κ1) is 12.8. The van der Waals surface area contributed by atoms with Crippen LogP contribution in [0.4, 0.5) is 0 Å². The number of allylic oxidation sites excluding steroid dienone is 2. The Hall–Kier alpha value is -2.22. The molecule has 0 aliphatic heterocycles. The second kappa shape index (κ2) is 4.74. The summed E-state index contributed by atoms with van der Waals surface area (Å²) in [5.74, 6) is -1.57. The van der Waals surface area contributed by atoms with Gasteiger partial charge in [-0.3, -0.25) is 20.2 Å². The van der Waals surface area contributed by atoms with Crippen LogP contribution in [0.2, 0.25) is 0 Å². The molecule has 0 heterocycles. The number of hydrogen-bond acceptors (Lipinski definition) is 5. The highest BCUT2D eigenvalue weighted by molar-refractivity contribution is 6.34. The van der Waals surface area contributed by atoms with Gasteiger partial charge < -0.3 is 5.11 Å². The van der Waals surface area contributed by atoms with Crippen LogP contribution in [0.15, 0.2) is 34.2 Å². The van der Waals surface area contributed by atoms with E-state index in [2.05, 4.69) is 0 Å². The number of carboxylic acids is 1. The first-order valence-corrected chi connectivity index (χ1v) is 4.55. The van der Waals surface area contributed by atoms with Crippen molar-refractivity contribution < 1.29 is 19.7 Å². The van der Waals surface area contributed by atoms with E-state index in [1.54, 1.807) is 0 Å². The van der Waals surface area contributed by atoms with Gasteiger partial charge in [-0.05, 0) is 0 Å². The van der Waals surface area contributed by atoms with Crippen LogP contribution >= 0.6 is 11.6 Å². The van der Waals surface area contributed by atoms with E-state index in [1.165, 1.54) is 0 Å². The average molecular weight is 261 g/mol. The van der Waals surface area contributed by atoms with Crippen molar-refractivity contribution in [2.45, 2.75) is 6.42 Å². The minimum absolute atomic E-state index is 0.365. The fourth-order valence-corrected chi connectivity index (χ4v) is 1.44. The second-order valence-corrected chi connectivity index (χ2v) is 3.35. The Kier molecular flexibility index (Phi) is 3.59. The summed E-state index contributed by atoms with van der Waals surface area (Å²) in [6.07, 6.45) is 1.26. The predicted molar refractivity (Wildman–Crippen MR) is 55.3 cm³/mol. The van der Waals surface area contributed by atoms with Gasteiger partial charge in [0.05, 0.1) is 21.8 Å². The summed E-state index contributed by atoms with van der Waals surface area (Å²) in [6.45, 7) is 0. The summed E-state index contributed by atoms with van der Waals surface area (Å²) in [4.78, 5) is 30.2. The van der Waals surface area contributed by atoms with Crippen molar-refractivity contribution in [1.29, 1.82) is 0 Å². The standard InChI is InChI=1S/C8H5ClN2O6/c9-7-5(8(12)13)3-4(10(14)15)1-2-6(7)11(16)17/h2-3H,1H2,(H,12,13). The fourth-order valence-electron chi connectivity index (χ4n) is 1.16. The van der Waals surface area contributed by atoms with E-state index in [-0.39, 0.29) is 6.42 Å². The highest BCUT2D eigenvalue weighted by Crippen LogP contribution is 2.27. The van der Waals surface area contributed by atoms with Gasteiger partial charge in [0.15, 0.2) is 0 Å². The van der Waals surface area contributed by atoms with Crippen LogP contribution in [0, 0.1) is 20.2 Å². The molecule has 0 radical (unpaired) electrons. The number of nitro groups is 2. The smallest absolute Gasteiger partial charge is 0.337 e. The van der Waals surface area contributed by atoms with Gasteiger partial charge in [-0.1, -0.05) is 11.6 Å². The molecule has 8 nitrogen and oxygen atoms in total. The molecular weight excluding hydrogens is 256 g/mol. The lowest BCUT2D eigenvalue weighted by atomic mass is 10.2. The van der Waals surface area contributed by atoms with Gasteiger partial charge in [-0.25, -0.2) is 4.79 Å². The lowest BCUT2D eigenvalue weighted by Crippen LogP contribution is -2.06. The molecule has 0 bridgehead atoms. The van der Waals surface area contributed by atoms with Gasteiger partial charge in [0, 0.05) is 12.2 Å². The van der Waals surface area contributed by atoms with Crippen LogP contribution in [-0.2, 0) is 4.79 Å². The fraction of sp³-hybridized carbons (Fsp3) is 0.125. The van der Waals surface area contributed by atoms with Crippen LogP contribution < -0.4 is 0 Å². The van der Waals surface area contributed by atoms with Crippen LogP contribution in [-0.4, -0.2) is 20.9 Å². The Balaban J connectivity index is 3.41. The monoisotopic (exact) mass is 260 g/mol. The maximum atomic E-state index is 10.8. The lowest BCUT2D eigenvalue weighted by molar-refractivity contribution is -0.428. The topological polar surface area (TPSA) is 124 Å². The first-order chi connectivity index (χ1) is 7.84. The largest absolute Gasteiger partial charge is 0.478 e. The van der Waals surface area contributed by atoms with E-state index in [1.807, 2.05) is 0 Å². The second-order valence-electron chi connectivity index (χ2n) is 2.98. The molecule has 1 N–H and O–H groups in total.